The summed E-state index contributed by atoms with van der Waals surface area (Å²) in [6, 6.07) is 6.73. The van der Waals surface area contributed by atoms with Crippen molar-refractivity contribution in [2.75, 3.05) is 6.26 Å². The van der Waals surface area contributed by atoms with Gasteiger partial charge in [-0.1, -0.05) is 12.1 Å². The van der Waals surface area contributed by atoms with Gasteiger partial charge in [0.15, 0.2) is 15.6 Å². The van der Waals surface area contributed by atoms with Gasteiger partial charge in [-0.25, -0.2) is 8.42 Å². The molecule has 0 radical (unpaired) electrons. The molecule has 19 heavy (non-hydrogen) atoms. The van der Waals surface area contributed by atoms with Gasteiger partial charge in [0.2, 0.25) is 0 Å². The fraction of sp³-hybridized carbons (Fsp3) is 0.500. The Morgan fingerprint density at radius 3 is 2.47 bits per heavy atom. The molecular formula is C14H18O4S. The standard InChI is InChI=1S/C14H18O4S/c1-14(2,19(3,16)17)13(15)10-5-4-6-12(9-10)18-11-7-8-11/h4-6,9,11H,7-8H2,1-3H3. The van der Waals surface area contributed by atoms with E-state index < -0.39 is 20.4 Å². The van der Waals surface area contributed by atoms with E-state index in [-0.39, 0.29) is 6.10 Å². The molecule has 0 saturated heterocycles. The van der Waals surface area contributed by atoms with E-state index in [0.717, 1.165) is 19.1 Å². The van der Waals surface area contributed by atoms with Crippen LogP contribution in [0.1, 0.15) is 37.0 Å². The first kappa shape index (κ1) is 14.1. The highest BCUT2D eigenvalue weighted by atomic mass is 32.2. The molecule has 1 fully saturated rings. The number of Topliss-reactive ketones (excluding diaryl/α,β-unsaturated/α-hetero) is 1. The molecule has 0 bridgehead atoms. The van der Waals surface area contributed by atoms with Gasteiger partial charge in [0.05, 0.1) is 6.10 Å². The summed E-state index contributed by atoms with van der Waals surface area (Å²) in [7, 11) is -3.46. The summed E-state index contributed by atoms with van der Waals surface area (Å²) in [6.07, 6.45) is 3.39. The van der Waals surface area contributed by atoms with Crippen LogP contribution in [0, 0.1) is 0 Å². The molecule has 0 N–H and O–H groups in total. The van der Waals surface area contributed by atoms with Gasteiger partial charge in [0.1, 0.15) is 10.5 Å². The minimum absolute atomic E-state index is 0.244. The third-order valence-corrected chi connectivity index (χ3v) is 5.44. The highest BCUT2D eigenvalue weighted by Gasteiger charge is 2.39. The van der Waals surface area contributed by atoms with E-state index in [4.69, 9.17) is 4.74 Å². The Kier molecular flexibility index (Phi) is 3.43. The van der Waals surface area contributed by atoms with Crippen molar-refractivity contribution in [3.05, 3.63) is 29.8 Å². The van der Waals surface area contributed by atoms with Crippen molar-refractivity contribution >= 4 is 15.6 Å². The first-order valence-electron chi connectivity index (χ1n) is 6.23. The second kappa shape index (κ2) is 4.63. The molecule has 0 atom stereocenters. The average Bonchev–Trinajstić information content (AvgIpc) is 3.10. The van der Waals surface area contributed by atoms with Gasteiger partial charge >= 0.3 is 0 Å². The van der Waals surface area contributed by atoms with Crippen molar-refractivity contribution in [2.24, 2.45) is 0 Å². The van der Waals surface area contributed by atoms with Crippen molar-refractivity contribution in [3.8, 4) is 5.75 Å². The summed E-state index contributed by atoms with van der Waals surface area (Å²) in [5, 5.41) is 0. The summed E-state index contributed by atoms with van der Waals surface area (Å²) >= 11 is 0. The zero-order chi connectivity index (χ0) is 14.3. The maximum absolute atomic E-state index is 12.3. The van der Waals surface area contributed by atoms with Crippen LogP contribution < -0.4 is 4.74 Å². The first-order valence-corrected chi connectivity index (χ1v) is 8.12. The number of carbonyl (C=O) groups is 1. The largest absolute Gasteiger partial charge is 0.490 e. The predicted octanol–water partition coefficient (Wildman–Crippen LogP) is 2.23. The molecule has 0 aromatic heterocycles. The van der Waals surface area contributed by atoms with Crippen LogP contribution >= 0.6 is 0 Å². The molecule has 4 nitrogen and oxygen atoms in total. The third-order valence-electron chi connectivity index (χ3n) is 3.40. The molecule has 0 spiro atoms. The van der Waals surface area contributed by atoms with Gasteiger partial charge in [-0.15, -0.1) is 0 Å². The molecule has 1 aliphatic carbocycles. The molecule has 2 rings (SSSR count). The van der Waals surface area contributed by atoms with Gasteiger partial charge in [-0.2, -0.15) is 0 Å². The molecule has 1 saturated carbocycles. The zero-order valence-corrected chi connectivity index (χ0v) is 12.2. The Balaban J connectivity index is 2.28. The molecule has 1 aromatic carbocycles. The van der Waals surface area contributed by atoms with Crippen LogP contribution in [-0.4, -0.2) is 31.3 Å². The molecule has 0 amide bonds. The van der Waals surface area contributed by atoms with E-state index in [9.17, 15) is 13.2 Å². The fourth-order valence-electron chi connectivity index (χ4n) is 1.60. The van der Waals surface area contributed by atoms with E-state index in [1.165, 1.54) is 13.8 Å². The highest BCUT2D eigenvalue weighted by molar-refractivity contribution is 7.92. The Hall–Kier alpha value is -1.36. The normalized spacial score (nSPS) is 16.2. The topological polar surface area (TPSA) is 60.4 Å². The number of hydrogen-bond donors (Lipinski definition) is 0. The van der Waals surface area contributed by atoms with Gasteiger partial charge in [-0.05, 0) is 38.8 Å². The molecular weight excluding hydrogens is 264 g/mol. The molecule has 104 valence electrons. The van der Waals surface area contributed by atoms with E-state index in [1.807, 2.05) is 0 Å². The van der Waals surface area contributed by atoms with Crippen LogP contribution in [0.2, 0.25) is 0 Å². The maximum Gasteiger partial charge on any atom is 0.183 e. The SMILES string of the molecule is CC(C)(C(=O)c1cccc(OC2CC2)c1)S(C)(=O)=O. The molecule has 0 aliphatic heterocycles. The van der Waals surface area contributed by atoms with Crippen LogP contribution in [-0.2, 0) is 9.84 Å². The number of sulfone groups is 1. The quantitative estimate of drug-likeness (QED) is 0.777. The summed E-state index contributed by atoms with van der Waals surface area (Å²) in [5.41, 5.74) is 0.369. The summed E-state index contributed by atoms with van der Waals surface area (Å²) < 4.78 is 27.6. The van der Waals surface area contributed by atoms with E-state index >= 15 is 0 Å². The minimum atomic E-state index is -3.46. The maximum atomic E-state index is 12.3. The van der Waals surface area contributed by atoms with Gasteiger partial charge in [0, 0.05) is 11.8 Å². The highest BCUT2D eigenvalue weighted by Crippen LogP contribution is 2.28. The van der Waals surface area contributed by atoms with Crippen molar-refractivity contribution in [3.63, 3.8) is 0 Å². The lowest BCUT2D eigenvalue weighted by molar-refractivity contribution is 0.0953. The van der Waals surface area contributed by atoms with Gasteiger partial charge < -0.3 is 4.74 Å². The molecule has 0 heterocycles. The van der Waals surface area contributed by atoms with Crippen LogP contribution in [0.5, 0.6) is 5.75 Å². The van der Waals surface area contributed by atoms with Crippen LogP contribution in [0.3, 0.4) is 0 Å². The fourth-order valence-corrected chi connectivity index (χ4v) is 2.06. The van der Waals surface area contributed by atoms with Crippen LogP contribution in [0.25, 0.3) is 0 Å². The second-order valence-corrected chi connectivity index (χ2v) is 8.02. The lowest BCUT2D eigenvalue weighted by Gasteiger charge is -2.21. The monoisotopic (exact) mass is 282 g/mol. The van der Waals surface area contributed by atoms with Crippen LogP contribution in [0.4, 0.5) is 0 Å². The number of rotatable bonds is 5. The van der Waals surface area contributed by atoms with Gasteiger partial charge in [-0.3, -0.25) is 4.79 Å². The van der Waals surface area contributed by atoms with Crippen molar-refractivity contribution in [1.29, 1.82) is 0 Å². The summed E-state index contributed by atoms with van der Waals surface area (Å²) in [5.74, 6) is 0.217. The Morgan fingerprint density at radius 2 is 1.95 bits per heavy atom. The minimum Gasteiger partial charge on any atom is -0.490 e. The predicted molar refractivity (Wildman–Crippen MR) is 73.3 cm³/mol. The third kappa shape index (κ3) is 2.97. The summed E-state index contributed by atoms with van der Waals surface area (Å²) in [6.45, 7) is 2.86. The number of benzene rings is 1. The number of hydrogen-bond acceptors (Lipinski definition) is 4. The molecule has 0 unspecified atom stereocenters. The molecule has 1 aliphatic rings. The lowest BCUT2D eigenvalue weighted by atomic mass is 10.00. The Labute approximate surface area is 113 Å². The zero-order valence-electron chi connectivity index (χ0n) is 11.3. The van der Waals surface area contributed by atoms with E-state index in [2.05, 4.69) is 0 Å². The van der Waals surface area contributed by atoms with Crippen molar-refractivity contribution in [1.82, 2.24) is 0 Å². The number of ketones is 1. The molecule has 1 aromatic rings. The van der Waals surface area contributed by atoms with Gasteiger partial charge in [0.25, 0.3) is 0 Å². The van der Waals surface area contributed by atoms with Crippen LogP contribution in [0.15, 0.2) is 24.3 Å². The molecule has 5 heteroatoms. The number of ether oxygens (including phenoxy) is 1. The summed E-state index contributed by atoms with van der Waals surface area (Å²) in [4.78, 5) is 12.3. The average molecular weight is 282 g/mol. The van der Waals surface area contributed by atoms with Crippen molar-refractivity contribution in [2.45, 2.75) is 37.5 Å². The Bertz CT molecular complexity index is 598. The van der Waals surface area contributed by atoms with E-state index in [0.29, 0.717) is 11.3 Å². The first-order chi connectivity index (χ1) is 8.72. The number of carbonyl (C=O) groups excluding carboxylic acids is 1. The smallest absolute Gasteiger partial charge is 0.183 e. The second-order valence-electron chi connectivity index (χ2n) is 5.46. The Morgan fingerprint density at radius 1 is 1.32 bits per heavy atom. The lowest BCUT2D eigenvalue weighted by Crippen LogP contribution is -2.39. The van der Waals surface area contributed by atoms with Crippen molar-refractivity contribution < 1.29 is 17.9 Å². The van der Waals surface area contributed by atoms with E-state index in [1.54, 1.807) is 24.3 Å².